The molecule has 3 heterocycles. The maximum atomic E-state index is 12.5. The summed E-state index contributed by atoms with van der Waals surface area (Å²) in [6.45, 7) is 4.08. The van der Waals surface area contributed by atoms with Crippen molar-refractivity contribution in [2.75, 3.05) is 11.1 Å². The molecule has 5 rings (SSSR count). The lowest BCUT2D eigenvalue weighted by Gasteiger charge is -2.41. The number of anilines is 1. The van der Waals surface area contributed by atoms with Gasteiger partial charge in [-0.15, -0.1) is 10.2 Å². The molecule has 10 heteroatoms. The topological polar surface area (TPSA) is 106 Å². The van der Waals surface area contributed by atoms with Crippen LogP contribution >= 0.6 is 23.1 Å². The highest BCUT2D eigenvalue weighted by molar-refractivity contribution is 8.01. The number of pyridine rings is 1. The smallest absolute Gasteiger partial charge is 0.257 e. The summed E-state index contributed by atoms with van der Waals surface area (Å²) in [5.41, 5.74) is 3.90. The normalized spacial score (nSPS) is 21.2. The van der Waals surface area contributed by atoms with Crippen LogP contribution in [0.15, 0.2) is 77.4 Å². The Kier molecular flexibility index (Phi) is 8.45. The fraction of sp³-hybridized carbons (Fsp3) is 0.286. The van der Waals surface area contributed by atoms with Gasteiger partial charge in [0, 0.05) is 35.3 Å². The molecule has 1 saturated heterocycles. The van der Waals surface area contributed by atoms with E-state index in [0.29, 0.717) is 17.0 Å². The highest BCUT2D eigenvalue weighted by atomic mass is 32.2. The van der Waals surface area contributed by atoms with Gasteiger partial charge in [0.05, 0.1) is 24.4 Å². The zero-order valence-electron chi connectivity index (χ0n) is 21.0. The Labute approximate surface area is 229 Å². The van der Waals surface area contributed by atoms with Gasteiger partial charge in [-0.2, -0.15) is 0 Å². The monoisotopic (exact) mass is 548 g/mol. The minimum atomic E-state index is -0.585. The molecule has 0 radical (unpaired) electrons. The van der Waals surface area contributed by atoms with Crippen molar-refractivity contribution in [1.82, 2.24) is 15.2 Å². The second-order valence-electron chi connectivity index (χ2n) is 9.04. The van der Waals surface area contributed by atoms with Crippen molar-refractivity contribution < 1.29 is 19.4 Å². The Bertz CT molecular complexity index is 1350. The predicted molar refractivity (Wildman–Crippen MR) is 147 cm³/mol. The van der Waals surface area contributed by atoms with Crippen molar-refractivity contribution >= 4 is 34.7 Å². The zero-order chi connectivity index (χ0) is 26.5. The second-order valence-corrected chi connectivity index (χ2v) is 11.5. The Morgan fingerprint density at radius 2 is 1.82 bits per heavy atom. The lowest BCUT2D eigenvalue weighted by Crippen LogP contribution is -2.38. The fourth-order valence-electron chi connectivity index (χ4n) is 4.22. The number of thioether (sulfide) groups is 1. The van der Waals surface area contributed by atoms with E-state index in [1.807, 2.05) is 55.5 Å². The number of aliphatic hydroxyl groups is 1. The van der Waals surface area contributed by atoms with Crippen LogP contribution in [0.2, 0.25) is 0 Å². The molecule has 196 valence electrons. The third-order valence-corrected chi connectivity index (χ3v) is 8.43. The summed E-state index contributed by atoms with van der Waals surface area (Å²) in [7, 11) is 0. The van der Waals surface area contributed by atoms with Gasteiger partial charge in [-0.1, -0.05) is 66.4 Å². The molecule has 1 aliphatic rings. The van der Waals surface area contributed by atoms with Gasteiger partial charge in [0.25, 0.3) is 5.91 Å². The van der Waals surface area contributed by atoms with E-state index >= 15 is 0 Å². The molecule has 38 heavy (non-hydrogen) atoms. The number of carbonyl (C=O) groups is 1. The van der Waals surface area contributed by atoms with E-state index in [9.17, 15) is 9.90 Å². The van der Waals surface area contributed by atoms with E-state index in [4.69, 9.17) is 9.47 Å². The van der Waals surface area contributed by atoms with Crippen molar-refractivity contribution in [3.05, 3.63) is 100 Å². The first kappa shape index (κ1) is 26.5. The highest BCUT2D eigenvalue weighted by Gasteiger charge is 2.38. The molecule has 1 fully saturated rings. The van der Waals surface area contributed by atoms with Gasteiger partial charge in [0.1, 0.15) is 5.01 Å². The van der Waals surface area contributed by atoms with E-state index in [1.165, 1.54) is 6.20 Å². The highest BCUT2D eigenvalue weighted by Crippen LogP contribution is 2.43. The van der Waals surface area contributed by atoms with Crippen molar-refractivity contribution in [2.24, 2.45) is 5.92 Å². The van der Waals surface area contributed by atoms with E-state index in [1.54, 1.807) is 41.4 Å². The summed E-state index contributed by atoms with van der Waals surface area (Å²) >= 11 is 3.21. The van der Waals surface area contributed by atoms with Gasteiger partial charge in [0.2, 0.25) is 0 Å². The number of hydrogen-bond acceptors (Lipinski definition) is 9. The summed E-state index contributed by atoms with van der Waals surface area (Å²) in [6, 6.07) is 18.8. The average molecular weight is 549 g/mol. The number of aryl methyl sites for hydroxylation is 1. The number of ether oxygens (including phenoxy) is 2. The molecule has 1 amide bonds. The Balaban J connectivity index is 1.34. The van der Waals surface area contributed by atoms with Crippen molar-refractivity contribution in [3.8, 4) is 0 Å². The lowest BCUT2D eigenvalue weighted by molar-refractivity contribution is -0.268. The first-order chi connectivity index (χ1) is 18.5. The quantitative estimate of drug-likeness (QED) is 0.275. The van der Waals surface area contributed by atoms with E-state index in [-0.39, 0.29) is 30.6 Å². The number of benzene rings is 2. The number of amides is 1. The summed E-state index contributed by atoms with van der Waals surface area (Å²) in [6.07, 6.45) is 2.27. The molecule has 2 N–H and O–H groups in total. The Hall–Kier alpha value is -3.15. The molecule has 1 aliphatic heterocycles. The maximum absolute atomic E-state index is 12.5. The van der Waals surface area contributed by atoms with Crippen molar-refractivity contribution in [1.29, 1.82) is 0 Å². The summed E-state index contributed by atoms with van der Waals surface area (Å²) in [5, 5.41) is 21.6. The molecule has 0 saturated carbocycles. The number of aromatic nitrogens is 3. The Morgan fingerprint density at radius 1 is 1.05 bits per heavy atom. The van der Waals surface area contributed by atoms with Crippen LogP contribution in [0, 0.1) is 12.8 Å². The van der Waals surface area contributed by atoms with Crippen LogP contribution in [0.25, 0.3) is 0 Å². The summed E-state index contributed by atoms with van der Waals surface area (Å²) in [4.78, 5) is 16.5. The van der Waals surface area contributed by atoms with Crippen LogP contribution in [0.4, 0.5) is 5.69 Å². The van der Waals surface area contributed by atoms with Gasteiger partial charge in [-0.05, 0) is 42.3 Å². The fourth-order valence-corrected chi connectivity index (χ4v) is 6.23. The van der Waals surface area contributed by atoms with Crippen LogP contribution in [0.1, 0.15) is 51.4 Å². The molecular formula is C28H28N4O4S2. The maximum Gasteiger partial charge on any atom is 0.257 e. The molecule has 0 aliphatic carbocycles. The van der Waals surface area contributed by atoms with Crippen molar-refractivity contribution in [3.63, 3.8) is 0 Å². The van der Waals surface area contributed by atoms with E-state index in [0.717, 1.165) is 26.0 Å². The number of hydrogen-bond donors (Lipinski definition) is 2. The number of nitrogens with one attached hydrogen (secondary N) is 1. The number of nitrogens with zero attached hydrogens (tertiary/aromatic N) is 3. The van der Waals surface area contributed by atoms with E-state index in [2.05, 4.69) is 27.4 Å². The van der Waals surface area contributed by atoms with Crippen LogP contribution < -0.4 is 5.32 Å². The van der Waals surface area contributed by atoms with Crippen LogP contribution in [-0.2, 0) is 16.1 Å². The third kappa shape index (κ3) is 6.28. The lowest BCUT2D eigenvalue weighted by atomic mass is 9.91. The molecule has 4 aromatic rings. The minimum absolute atomic E-state index is 0.00268. The molecule has 8 nitrogen and oxygen atoms in total. The first-order valence-electron chi connectivity index (χ1n) is 12.2. The van der Waals surface area contributed by atoms with E-state index < -0.39 is 6.29 Å². The standard InChI is InChI=1S/C28H28N4O4S2/c1-17-24(16-37-28-32-31-18(2)38-28)35-27(36-25(17)20-7-5-19(15-33)6-8-20)21-9-11-23(12-10-21)30-26(34)22-4-3-13-29-14-22/h3-14,17,24-25,27,33H,15-16H2,1-2H3,(H,30,34)/t17-,24+,25+,27+/m1/s1. The SMILES string of the molecule is Cc1nnc(SC[C@@H]2O[C@H](c3ccc(NC(=O)c4cccnc4)cc3)O[C@H](c3ccc(CO)cc3)[C@@H]2C)s1. The average Bonchev–Trinajstić information content (AvgIpc) is 3.38. The number of carbonyl (C=O) groups excluding carboxylic acids is 1. The minimum Gasteiger partial charge on any atom is -0.392 e. The van der Waals surface area contributed by atoms with Crippen LogP contribution in [0.5, 0.6) is 0 Å². The van der Waals surface area contributed by atoms with Gasteiger partial charge >= 0.3 is 0 Å². The number of aliphatic hydroxyl groups excluding tert-OH is 1. The van der Waals surface area contributed by atoms with Gasteiger partial charge in [0.15, 0.2) is 10.6 Å². The van der Waals surface area contributed by atoms with Gasteiger partial charge in [-0.3, -0.25) is 9.78 Å². The molecule has 2 aromatic heterocycles. The van der Waals surface area contributed by atoms with Crippen LogP contribution in [-0.4, -0.2) is 38.1 Å². The first-order valence-corrected chi connectivity index (χ1v) is 14.0. The molecule has 0 bridgehead atoms. The second kappa shape index (κ2) is 12.1. The van der Waals surface area contributed by atoms with Gasteiger partial charge in [-0.25, -0.2) is 0 Å². The molecule has 4 atom stereocenters. The molecule has 2 aromatic carbocycles. The summed E-state index contributed by atoms with van der Waals surface area (Å²) in [5.74, 6) is 0.561. The third-order valence-electron chi connectivity index (χ3n) is 6.37. The predicted octanol–water partition coefficient (Wildman–Crippen LogP) is 5.57. The Morgan fingerprint density at radius 3 is 2.47 bits per heavy atom. The number of rotatable bonds is 8. The molecule has 0 unspecified atom stereocenters. The molecular weight excluding hydrogens is 520 g/mol. The van der Waals surface area contributed by atoms with Crippen molar-refractivity contribution in [2.45, 2.75) is 43.3 Å². The van der Waals surface area contributed by atoms with Gasteiger partial charge < -0.3 is 19.9 Å². The zero-order valence-corrected chi connectivity index (χ0v) is 22.6. The van der Waals surface area contributed by atoms with Crippen LogP contribution in [0.3, 0.4) is 0 Å². The molecule has 0 spiro atoms. The largest absolute Gasteiger partial charge is 0.392 e. The summed E-state index contributed by atoms with van der Waals surface area (Å²) < 4.78 is 13.9.